The molecule has 0 aromatic rings. The lowest BCUT2D eigenvalue weighted by Crippen LogP contribution is -2.45. The van der Waals surface area contributed by atoms with Gasteiger partial charge in [-0.25, -0.2) is 0 Å². The lowest BCUT2D eigenvalue weighted by molar-refractivity contribution is -0.123. The number of carbonyl (C=O) groups is 1. The van der Waals surface area contributed by atoms with Gasteiger partial charge < -0.3 is 15.5 Å². The van der Waals surface area contributed by atoms with Crippen molar-refractivity contribution < 1.29 is 15.0 Å². The monoisotopic (exact) mass is 507 g/mol. The van der Waals surface area contributed by atoms with Crippen molar-refractivity contribution in [3.63, 3.8) is 0 Å². The molecule has 0 heterocycles. The molecular weight excluding hydrogens is 446 g/mol. The molecule has 0 rings (SSSR count). The molecule has 0 aliphatic heterocycles. The number of aliphatic hydroxyl groups is 2. The Morgan fingerprint density at radius 1 is 0.639 bits per heavy atom. The van der Waals surface area contributed by atoms with Crippen LogP contribution in [0.4, 0.5) is 0 Å². The molecule has 0 saturated carbocycles. The van der Waals surface area contributed by atoms with Crippen LogP contribution in [0.3, 0.4) is 0 Å². The number of allylic oxidation sites excluding steroid dienone is 3. The van der Waals surface area contributed by atoms with Gasteiger partial charge in [0.1, 0.15) is 0 Å². The van der Waals surface area contributed by atoms with Crippen LogP contribution in [-0.2, 0) is 4.79 Å². The summed E-state index contributed by atoms with van der Waals surface area (Å²) in [5, 5.41) is 22.6. The Hall–Kier alpha value is -1.13. The number of hydrogen-bond acceptors (Lipinski definition) is 3. The Morgan fingerprint density at radius 2 is 1.08 bits per heavy atom. The predicted molar refractivity (Wildman–Crippen MR) is 156 cm³/mol. The molecule has 212 valence electrons. The van der Waals surface area contributed by atoms with Crippen molar-refractivity contribution in [3.05, 3.63) is 24.3 Å². The number of nitrogens with one attached hydrogen (secondary N) is 1. The molecule has 0 spiro atoms. The highest BCUT2D eigenvalue weighted by molar-refractivity contribution is 5.76. The molecule has 3 N–H and O–H groups in total. The molecule has 4 nitrogen and oxygen atoms in total. The minimum Gasteiger partial charge on any atom is -0.394 e. The Morgan fingerprint density at radius 3 is 1.58 bits per heavy atom. The van der Waals surface area contributed by atoms with E-state index in [2.05, 4.69) is 31.3 Å². The average Bonchev–Trinajstić information content (AvgIpc) is 2.88. The zero-order chi connectivity index (χ0) is 26.5. The van der Waals surface area contributed by atoms with E-state index in [0.717, 1.165) is 32.1 Å². The molecule has 4 heteroatoms. The summed E-state index contributed by atoms with van der Waals surface area (Å²) in [6.45, 7) is 4.21. The number of hydrogen-bond donors (Lipinski definition) is 3. The van der Waals surface area contributed by atoms with Gasteiger partial charge in [-0.2, -0.15) is 0 Å². The zero-order valence-corrected chi connectivity index (χ0v) is 24.0. The fourth-order valence-electron chi connectivity index (χ4n) is 4.47. The van der Waals surface area contributed by atoms with Crippen molar-refractivity contribution in [2.75, 3.05) is 6.61 Å². The molecule has 36 heavy (non-hydrogen) atoms. The van der Waals surface area contributed by atoms with E-state index in [9.17, 15) is 15.0 Å². The molecule has 0 aliphatic rings. The van der Waals surface area contributed by atoms with Crippen LogP contribution in [0.1, 0.15) is 155 Å². The third-order valence-corrected chi connectivity index (χ3v) is 6.94. The molecule has 0 radical (unpaired) electrons. The highest BCUT2D eigenvalue weighted by Gasteiger charge is 2.17. The Balaban J connectivity index is 3.62. The molecule has 0 bridgehead atoms. The first kappa shape index (κ1) is 34.9. The summed E-state index contributed by atoms with van der Waals surface area (Å²) in [7, 11) is 0. The second kappa shape index (κ2) is 28.4. The fraction of sp³-hybridized carbons (Fsp3) is 0.844. The Kier molecular flexibility index (Phi) is 27.5. The summed E-state index contributed by atoms with van der Waals surface area (Å²) >= 11 is 0. The molecule has 2 atom stereocenters. The lowest BCUT2D eigenvalue weighted by Gasteiger charge is -2.19. The minimum absolute atomic E-state index is 0.0780. The van der Waals surface area contributed by atoms with E-state index in [4.69, 9.17) is 0 Å². The molecule has 0 aromatic carbocycles. The molecule has 0 fully saturated rings. The minimum atomic E-state index is -0.853. The summed E-state index contributed by atoms with van der Waals surface area (Å²) in [5.41, 5.74) is 0. The van der Waals surface area contributed by atoms with E-state index in [1.165, 1.54) is 103 Å². The molecule has 0 aromatic heterocycles. The predicted octanol–water partition coefficient (Wildman–Crippen LogP) is 8.56. The largest absolute Gasteiger partial charge is 0.394 e. The molecule has 0 saturated heterocycles. The number of aliphatic hydroxyl groups excluding tert-OH is 2. The van der Waals surface area contributed by atoms with E-state index in [1.807, 2.05) is 6.08 Å². The topological polar surface area (TPSA) is 69.6 Å². The first-order valence-electron chi connectivity index (χ1n) is 15.6. The van der Waals surface area contributed by atoms with Gasteiger partial charge in [0.15, 0.2) is 0 Å². The Labute approximate surface area is 224 Å². The smallest absolute Gasteiger partial charge is 0.220 e. The van der Waals surface area contributed by atoms with Gasteiger partial charge in [0, 0.05) is 6.42 Å². The lowest BCUT2D eigenvalue weighted by atomic mass is 10.0. The highest BCUT2D eigenvalue weighted by Crippen LogP contribution is 2.14. The van der Waals surface area contributed by atoms with Gasteiger partial charge in [0.2, 0.25) is 5.91 Å². The van der Waals surface area contributed by atoms with E-state index in [1.54, 1.807) is 6.08 Å². The summed E-state index contributed by atoms with van der Waals surface area (Å²) in [6.07, 6.45) is 34.0. The second-order valence-electron chi connectivity index (χ2n) is 10.5. The Bertz CT molecular complexity index is 518. The van der Waals surface area contributed by atoms with Crippen LogP contribution < -0.4 is 5.32 Å². The molecule has 2 unspecified atom stereocenters. The summed E-state index contributed by atoms with van der Waals surface area (Å²) in [6, 6.07) is -0.630. The molecule has 1 amide bonds. The number of unbranched alkanes of at least 4 members (excludes halogenated alkanes) is 18. The summed E-state index contributed by atoms with van der Waals surface area (Å²) in [5.74, 6) is -0.0780. The molecular formula is C32H61NO3. The number of amides is 1. The van der Waals surface area contributed by atoms with Crippen molar-refractivity contribution in [2.24, 2.45) is 0 Å². The maximum absolute atomic E-state index is 12.2. The van der Waals surface area contributed by atoms with Crippen molar-refractivity contribution in [2.45, 2.75) is 167 Å². The third kappa shape index (κ3) is 24.6. The van der Waals surface area contributed by atoms with Crippen molar-refractivity contribution in [1.29, 1.82) is 0 Å². The first-order valence-corrected chi connectivity index (χ1v) is 15.6. The van der Waals surface area contributed by atoms with Crippen molar-refractivity contribution in [1.82, 2.24) is 5.32 Å². The van der Waals surface area contributed by atoms with Crippen molar-refractivity contribution >= 4 is 5.91 Å². The van der Waals surface area contributed by atoms with Gasteiger partial charge >= 0.3 is 0 Å². The van der Waals surface area contributed by atoms with Crippen LogP contribution in [0.2, 0.25) is 0 Å². The van der Waals surface area contributed by atoms with Gasteiger partial charge in [-0.15, -0.1) is 0 Å². The average molecular weight is 508 g/mol. The summed E-state index contributed by atoms with van der Waals surface area (Å²) in [4.78, 5) is 12.2. The SMILES string of the molecule is CCCC/C=C/CC/C=C/C(O)C(CO)NC(=O)CCCCCCCCCCCCCCCCCC. The highest BCUT2D eigenvalue weighted by atomic mass is 16.3. The van der Waals surface area contributed by atoms with Crippen LogP contribution in [0, 0.1) is 0 Å². The van der Waals surface area contributed by atoms with Gasteiger partial charge in [0.05, 0.1) is 18.8 Å². The third-order valence-electron chi connectivity index (χ3n) is 6.94. The van der Waals surface area contributed by atoms with E-state index < -0.39 is 12.1 Å². The van der Waals surface area contributed by atoms with E-state index in [0.29, 0.717) is 6.42 Å². The van der Waals surface area contributed by atoms with Gasteiger partial charge in [-0.1, -0.05) is 147 Å². The van der Waals surface area contributed by atoms with Gasteiger partial charge in [0.25, 0.3) is 0 Å². The molecule has 0 aliphatic carbocycles. The van der Waals surface area contributed by atoms with Crippen LogP contribution in [-0.4, -0.2) is 34.9 Å². The standard InChI is InChI=1S/C32H61NO3/c1-3-5-7-9-11-13-14-15-16-17-18-19-20-22-24-26-28-32(36)33-30(29-34)31(35)27-25-23-21-12-10-8-6-4-2/h10,12,25,27,30-31,34-35H,3-9,11,13-24,26,28-29H2,1-2H3,(H,33,36)/b12-10+,27-25+. The number of carbonyl (C=O) groups excluding carboxylic acids is 1. The van der Waals surface area contributed by atoms with E-state index in [-0.39, 0.29) is 12.5 Å². The van der Waals surface area contributed by atoms with Crippen LogP contribution in [0.15, 0.2) is 24.3 Å². The first-order chi connectivity index (χ1) is 17.7. The van der Waals surface area contributed by atoms with Gasteiger partial charge in [-0.05, 0) is 25.7 Å². The van der Waals surface area contributed by atoms with E-state index >= 15 is 0 Å². The second-order valence-corrected chi connectivity index (χ2v) is 10.5. The quantitative estimate of drug-likeness (QED) is 0.0770. The van der Waals surface area contributed by atoms with Crippen LogP contribution in [0.5, 0.6) is 0 Å². The maximum Gasteiger partial charge on any atom is 0.220 e. The van der Waals surface area contributed by atoms with Gasteiger partial charge in [-0.3, -0.25) is 4.79 Å². The fourth-order valence-corrected chi connectivity index (χ4v) is 4.47. The maximum atomic E-state index is 12.2. The normalized spacial score (nSPS) is 13.6. The van der Waals surface area contributed by atoms with Crippen LogP contribution >= 0.6 is 0 Å². The van der Waals surface area contributed by atoms with Crippen molar-refractivity contribution in [3.8, 4) is 0 Å². The number of rotatable bonds is 27. The zero-order valence-electron chi connectivity index (χ0n) is 24.0. The van der Waals surface area contributed by atoms with Crippen LogP contribution in [0.25, 0.3) is 0 Å². The summed E-state index contributed by atoms with van der Waals surface area (Å²) < 4.78 is 0.